The number of nitrogens with zero attached hydrogens (tertiary/aromatic N) is 5. The lowest BCUT2D eigenvalue weighted by Crippen LogP contribution is -2.26. The minimum Gasteiger partial charge on any atom is -0.337 e. The van der Waals surface area contributed by atoms with Crippen LogP contribution >= 0.6 is 11.6 Å². The number of carbonyl (C=O) groups is 1. The normalized spacial score (nSPS) is 11.3. The summed E-state index contributed by atoms with van der Waals surface area (Å²) >= 11 is 6.03. The van der Waals surface area contributed by atoms with Gasteiger partial charge in [-0.25, -0.2) is 9.50 Å². The highest BCUT2D eigenvalue weighted by Crippen LogP contribution is 2.16. The van der Waals surface area contributed by atoms with E-state index in [1.807, 2.05) is 36.7 Å². The molecule has 0 saturated carbocycles. The summed E-state index contributed by atoms with van der Waals surface area (Å²) in [6.45, 7) is 7.51. The predicted octanol–water partition coefficient (Wildman–Crippen LogP) is 3.50. The zero-order valence-corrected chi connectivity index (χ0v) is 16.6. The Labute approximate surface area is 164 Å². The van der Waals surface area contributed by atoms with E-state index >= 15 is 0 Å². The first-order valence-electron chi connectivity index (χ1n) is 9.06. The number of carbonyl (C=O) groups excluding carboxylic acids is 1. The van der Waals surface area contributed by atoms with Crippen molar-refractivity contribution in [3.63, 3.8) is 0 Å². The number of amides is 1. The molecule has 3 rings (SSSR count). The Morgan fingerprint density at radius 1 is 1.15 bits per heavy atom. The van der Waals surface area contributed by atoms with E-state index in [4.69, 9.17) is 11.6 Å². The summed E-state index contributed by atoms with van der Waals surface area (Å²) < 4.78 is 1.68. The van der Waals surface area contributed by atoms with Gasteiger partial charge in [-0.2, -0.15) is 5.10 Å². The summed E-state index contributed by atoms with van der Waals surface area (Å²) in [5.41, 5.74) is 3.11. The molecule has 0 unspecified atom stereocenters. The molecule has 0 saturated heterocycles. The molecule has 2 aromatic heterocycles. The minimum absolute atomic E-state index is 0.117. The lowest BCUT2D eigenvalue weighted by molar-refractivity contribution is 0.0787. The van der Waals surface area contributed by atoms with Gasteiger partial charge in [0.15, 0.2) is 5.65 Å². The summed E-state index contributed by atoms with van der Waals surface area (Å²) in [7, 11) is 1.77. The highest BCUT2D eigenvalue weighted by atomic mass is 35.5. The molecule has 0 aliphatic rings. The molecule has 142 valence electrons. The van der Waals surface area contributed by atoms with Crippen LogP contribution in [0, 0.1) is 0 Å². The van der Waals surface area contributed by atoms with Crippen LogP contribution in [0.1, 0.15) is 35.3 Å². The van der Waals surface area contributed by atoms with Gasteiger partial charge in [0.25, 0.3) is 5.91 Å². The molecule has 0 aliphatic heterocycles. The lowest BCUT2D eigenvalue weighted by Gasteiger charge is -2.18. The summed E-state index contributed by atoms with van der Waals surface area (Å²) in [5, 5.41) is 4.99. The van der Waals surface area contributed by atoms with Crippen molar-refractivity contribution in [2.45, 2.75) is 26.9 Å². The number of rotatable bonds is 7. The van der Waals surface area contributed by atoms with Crippen LogP contribution in [0.15, 0.2) is 42.9 Å². The molecule has 0 N–H and O–H groups in total. The fourth-order valence-electron chi connectivity index (χ4n) is 3.04. The fraction of sp³-hybridized carbons (Fsp3) is 0.350. The van der Waals surface area contributed by atoms with Gasteiger partial charge in [-0.1, -0.05) is 37.6 Å². The second-order valence-electron chi connectivity index (χ2n) is 6.54. The van der Waals surface area contributed by atoms with E-state index in [0.29, 0.717) is 22.8 Å². The topological polar surface area (TPSA) is 53.7 Å². The Kier molecular flexibility index (Phi) is 6.08. The molecule has 0 aliphatic carbocycles. The van der Waals surface area contributed by atoms with Crippen LogP contribution < -0.4 is 0 Å². The molecule has 0 bridgehead atoms. The van der Waals surface area contributed by atoms with Gasteiger partial charge in [0.2, 0.25) is 0 Å². The number of benzene rings is 1. The second kappa shape index (κ2) is 8.50. The molecular formula is C20H24ClN5O. The van der Waals surface area contributed by atoms with Gasteiger partial charge < -0.3 is 4.90 Å². The summed E-state index contributed by atoms with van der Waals surface area (Å²) in [6.07, 6.45) is 5.35. The van der Waals surface area contributed by atoms with Crippen LogP contribution in [-0.2, 0) is 13.1 Å². The molecule has 0 atom stereocenters. The zero-order valence-electron chi connectivity index (χ0n) is 15.9. The van der Waals surface area contributed by atoms with Crippen molar-refractivity contribution < 1.29 is 4.79 Å². The minimum atomic E-state index is -0.117. The van der Waals surface area contributed by atoms with Crippen LogP contribution in [0.5, 0.6) is 0 Å². The van der Waals surface area contributed by atoms with Crippen molar-refractivity contribution in [3.8, 4) is 0 Å². The summed E-state index contributed by atoms with van der Waals surface area (Å²) in [5.74, 6) is -0.117. The van der Waals surface area contributed by atoms with Gasteiger partial charge in [0, 0.05) is 43.1 Å². The molecule has 3 aromatic rings. The molecule has 1 aromatic carbocycles. The number of hydrogen-bond acceptors (Lipinski definition) is 4. The Bertz CT molecular complexity index is 935. The van der Waals surface area contributed by atoms with Crippen molar-refractivity contribution in [1.82, 2.24) is 24.4 Å². The van der Waals surface area contributed by atoms with E-state index in [0.717, 1.165) is 30.8 Å². The van der Waals surface area contributed by atoms with Gasteiger partial charge in [0.1, 0.15) is 5.56 Å². The number of aromatic nitrogens is 3. The Balaban J connectivity index is 1.78. The highest BCUT2D eigenvalue weighted by Gasteiger charge is 2.18. The monoisotopic (exact) mass is 385 g/mol. The number of fused-ring (bicyclic) bond motifs is 1. The van der Waals surface area contributed by atoms with E-state index in [2.05, 4.69) is 28.8 Å². The first-order chi connectivity index (χ1) is 13.0. The molecule has 0 fully saturated rings. The molecule has 6 nitrogen and oxygen atoms in total. The van der Waals surface area contributed by atoms with Crippen molar-refractivity contribution in [3.05, 3.63) is 64.6 Å². The van der Waals surface area contributed by atoms with E-state index in [-0.39, 0.29) is 5.91 Å². The molecule has 1 amide bonds. The standard InChI is InChI=1S/C20H24ClN5O/c1-4-25(5-2)13-16-10-22-19-18(11-23-26(19)14-16)20(27)24(3)12-15-7-6-8-17(21)9-15/h6-11,14H,4-5,12-13H2,1-3H3. The van der Waals surface area contributed by atoms with Crippen molar-refractivity contribution in [2.75, 3.05) is 20.1 Å². The van der Waals surface area contributed by atoms with Crippen molar-refractivity contribution >= 4 is 23.2 Å². The first-order valence-corrected chi connectivity index (χ1v) is 9.44. The maximum Gasteiger partial charge on any atom is 0.259 e. The van der Waals surface area contributed by atoms with E-state index in [9.17, 15) is 4.79 Å². The largest absolute Gasteiger partial charge is 0.337 e. The van der Waals surface area contributed by atoms with Gasteiger partial charge in [-0.3, -0.25) is 9.69 Å². The van der Waals surface area contributed by atoms with Crippen LogP contribution in [0.3, 0.4) is 0 Å². The van der Waals surface area contributed by atoms with Crippen molar-refractivity contribution in [1.29, 1.82) is 0 Å². The highest BCUT2D eigenvalue weighted by molar-refractivity contribution is 6.30. The number of hydrogen-bond donors (Lipinski definition) is 0. The second-order valence-corrected chi connectivity index (χ2v) is 6.98. The maximum absolute atomic E-state index is 12.9. The molecule has 2 heterocycles. The average molecular weight is 386 g/mol. The third kappa shape index (κ3) is 4.46. The van der Waals surface area contributed by atoms with E-state index in [1.165, 1.54) is 0 Å². The predicted molar refractivity (Wildman–Crippen MR) is 107 cm³/mol. The Morgan fingerprint density at radius 2 is 1.93 bits per heavy atom. The quantitative estimate of drug-likeness (QED) is 0.624. The molecule has 7 heteroatoms. The van der Waals surface area contributed by atoms with Crippen LogP contribution in [0.4, 0.5) is 0 Å². The van der Waals surface area contributed by atoms with Crippen molar-refractivity contribution in [2.24, 2.45) is 0 Å². The third-order valence-electron chi connectivity index (χ3n) is 4.60. The summed E-state index contributed by atoms with van der Waals surface area (Å²) in [6, 6.07) is 7.50. The van der Waals surface area contributed by atoms with E-state index < -0.39 is 0 Å². The summed E-state index contributed by atoms with van der Waals surface area (Å²) in [4.78, 5) is 21.3. The molecule has 27 heavy (non-hydrogen) atoms. The van der Waals surface area contributed by atoms with Gasteiger partial charge in [0.05, 0.1) is 6.20 Å². The zero-order chi connectivity index (χ0) is 19.4. The Morgan fingerprint density at radius 3 is 2.63 bits per heavy atom. The average Bonchev–Trinajstić information content (AvgIpc) is 3.08. The van der Waals surface area contributed by atoms with Gasteiger partial charge in [-0.15, -0.1) is 0 Å². The Hall–Kier alpha value is -2.44. The molecule has 0 radical (unpaired) electrons. The van der Waals surface area contributed by atoms with Gasteiger partial charge in [-0.05, 0) is 30.8 Å². The van der Waals surface area contributed by atoms with Crippen LogP contribution in [0.2, 0.25) is 5.02 Å². The van der Waals surface area contributed by atoms with E-state index in [1.54, 1.807) is 22.7 Å². The number of halogens is 1. The van der Waals surface area contributed by atoms with Crippen LogP contribution in [-0.4, -0.2) is 50.4 Å². The first kappa shape index (κ1) is 19.3. The lowest BCUT2D eigenvalue weighted by atomic mass is 10.2. The third-order valence-corrected chi connectivity index (χ3v) is 4.83. The van der Waals surface area contributed by atoms with Gasteiger partial charge >= 0.3 is 0 Å². The molecule has 0 spiro atoms. The maximum atomic E-state index is 12.9. The van der Waals surface area contributed by atoms with Crippen LogP contribution in [0.25, 0.3) is 5.65 Å². The fourth-order valence-corrected chi connectivity index (χ4v) is 3.25. The molecular weight excluding hydrogens is 362 g/mol. The SMILES string of the molecule is CCN(CC)Cc1cnc2c(C(=O)N(C)Cc3cccc(Cl)c3)cnn2c1. The smallest absolute Gasteiger partial charge is 0.259 e.